The molecule has 1 amide bonds. The first-order valence-corrected chi connectivity index (χ1v) is 5.92. The minimum Gasteiger partial charge on any atom is -0.332 e. The fourth-order valence-corrected chi connectivity index (χ4v) is 2.05. The SMILES string of the molecule is NCCCC[C@H](N)C(=O)N1CCC[C@H]1C=O. The first-order chi connectivity index (χ1) is 7.70. The van der Waals surface area contributed by atoms with Gasteiger partial charge in [0.1, 0.15) is 6.29 Å². The van der Waals surface area contributed by atoms with Crippen LogP contribution >= 0.6 is 0 Å². The third-order valence-corrected chi connectivity index (χ3v) is 3.03. The molecule has 1 heterocycles. The van der Waals surface area contributed by atoms with E-state index < -0.39 is 6.04 Å². The summed E-state index contributed by atoms with van der Waals surface area (Å²) < 4.78 is 0. The summed E-state index contributed by atoms with van der Waals surface area (Å²) in [7, 11) is 0. The molecule has 0 aromatic carbocycles. The van der Waals surface area contributed by atoms with Crippen molar-refractivity contribution in [1.82, 2.24) is 4.90 Å². The Labute approximate surface area is 96.1 Å². The first kappa shape index (κ1) is 13.1. The third-order valence-electron chi connectivity index (χ3n) is 3.03. The zero-order chi connectivity index (χ0) is 12.0. The fraction of sp³-hybridized carbons (Fsp3) is 0.818. The van der Waals surface area contributed by atoms with Gasteiger partial charge < -0.3 is 21.2 Å². The van der Waals surface area contributed by atoms with Gasteiger partial charge in [-0.2, -0.15) is 0 Å². The normalized spacial score (nSPS) is 22.1. The number of amides is 1. The number of hydrogen-bond donors (Lipinski definition) is 2. The smallest absolute Gasteiger partial charge is 0.240 e. The molecule has 5 nitrogen and oxygen atoms in total. The molecule has 0 aromatic heterocycles. The number of hydrogen-bond acceptors (Lipinski definition) is 4. The van der Waals surface area contributed by atoms with Crippen LogP contribution in [0.15, 0.2) is 0 Å². The van der Waals surface area contributed by atoms with E-state index in [4.69, 9.17) is 11.5 Å². The molecule has 1 rings (SSSR count). The highest BCUT2D eigenvalue weighted by atomic mass is 16.2. The molecule has 1 fully saturated rings. The van der Waals surface area contributed by atoms with Crippen molar-refractivity contribution < 1.29 is 9.59 Å². The molecule has 5 heteroatoms. The van der Waals surface area contributed by atoms with Crippen LogP contribution < -0.4 is 11.5 Å². The molecule has 0 spiro atoms. The lowest BCUT2D eigenvalue weighted by Crippen LogP contribution is -2.46. The number of likely N-dealkylation sites (tertiary alicyclic amines) is 1. The first-order valence-electron chi connectivity index (χ1n) is 5.92. The standard InChI is InChI=1S/C11H21N3O2/c12-6-2-1-5-10(13)11(16)14-7-3-4-9(14)8-15/h8-10H,1-7,12-13H2/t9-,10-/m0/s1. The van der Waals surface area contributed by atoms with Gasteiger partial charge in [0.15, 0.2) is 0 Å². The minimum atomic E-state index is -0.480. The highest BCUT2D eigenvalue weighted by molar-refractivity contribution is 5.84. The highest BCUT2D eigenvalue weighted by Gasteiger charge is 2.30. The number of carbonyl (C=O) groups excluding carboxylic acids is 2. The number of unbranched alkanes of at least 4 members (excludes halogenated alkanes) is 1. The van der Waals surface area contributed by atoms with E-state index in [0.717, 1.165) is 32.0 Å². The van der Waals surface area contributed by atoms with Crippen LogP contribution in [-0.2, 0) is 9.59 Å². The van der Waals surface area contributed by atoms with Crippen LogP contribution in [0.1, 0.15) is 32.1 Å². The van der Waals surface area contributed by atoms with Crippen molar-refractivity contribution in [3.05, 3.63) is 0 Å². The van der Waals surface area contributed by atoms with Gasteiger partial charge in [0.05, 0.1) is 12.1 Å². The Bertz CT molecular complexity index is 245. The number of rotatable bonds is 6. The average molecular weight is 227 g/mol. The maximum absolute atomic E-state index is 11.9. The summed E-state index contributed by atoms with van der Waals surface area (Å²) in [6.07, 6.45) is 4.91. The van der Waals surface area contributed by atoms with Gasteiger partial charge >= 0.3 is 0 Å². The monoisotopic (exact) mass is 227 g/mol. The molecule has 0 saturated carbocycles. The van der Waals surface area contributed by atoms with Crippen LogP contribution in [0.5, 0.6) is 0 Å². The van der Waals surface area contributed by atoms with E-state index in [1.807, 2.05) is 0 Å². The number of carbonyl (C=O) groups is 2. The molecule has 0 aliphatic carbocycles. The fourth-order valence-electron chi connectivity index (χ4n) is 2.05. The van der Waals surface area contributed by atoms with Gasteiger partial charge in [-0.1, -0.05) is 6.42 Å². The van der Waals surface area contributed by atoms with E-state index in [2.05, 4.69) is 0 Å². The topological polar surface area (TPSA) is 89.4 Å². The summed E-state index contributed by atoms with van der Waals surface area (Å²) >= 11 is 0. The Morgan fingerprint density at radius 2 is 2.25 bits per heavy atom. The molecule has 1 saturated heterocycles. The predicted molar refractivity (Wildman–Crippen MR) is 61.7 cm³/mol. The van der Waals surface area contributed by atoms with Crippen molar-refractivity contribution in [3.63, 3.8) is 0 Å². The Balaban J connectivity index is 2.40. The van der Waals surface area contributed by atoms with Gasteiger partial charge in [-0.15, -0.1) is 0 Å². The lowest BCUT2D eigenvalue weighted by atomic mass is 10.1. The Hall–Kier alpha value is -0.940. The lowest BCUT2D eigenvalue weighted by molar-refractivity contribution is -0.135. The summed E-state index contributed by atoms with van der Waals surface area (Å²) in [5.74, 6) is -0.0911. The summed E-state index contributed by atoms with van der Waals surface area (Å²) in [6.45, 7) is 1.29. The number of nitrogens with two attached hydrogens (primary N) is 2. The van der Waals surface area contributed by atoms with E-state index in [1.165, 1.54) is 0 Å². The van der Waals surface area contributed by atoms with Crippen molar-refractivity contribution in [2.24, 2.45) is 11.5 Å². The van der Waals surface area contributed by atoms with E-state index in [0.29, 0.717) is 19.5 Å². The van der Waals surface area contributed by atoms with Crippen molar-refractivity contribution in [2.45, 2.75) is 44.2 Å². The second-order valence-electron chi connectivity index (χ2n) is 4.27. The van der Waals surface area contributed by atoms with Crippen LogP contribution in [0, 0.1) is 0 Å². The predicted octanol–water partition coefficient (Wildman–Crippen LogP) is -0.367. The van der Waals surface area contributed by atoms with Gasteiger partial charge in [0, 0.05) is 6.54 Å². The van der Waals surface area contributed by atoms with Crippen molar-refractivity contribution in [1.29, 1.82) is 0 Å². The summed E-state index contributed by atoms with van der Waals surface area (Å²) in [5.41, 5.74) is 11.2. The van der Waals surface area contributed by atoms with E-state index in [9.17, 15) is 9.59 Å². The molecule has 1 aliphatic heterocycles. The lowest BCUT2D eigenvalue weighted by Gasteiger charge is -2.24. The van der Waals surface area contributed by atoms with Crippen LogP contribution in [0.25, 0.3) is 0 Å². The Morgan fingerprint density at radius 3 is 2.88 bits per heavy atom. The maximum atomic E-state index is 11.9. The van der Waals surface area contributed by atoms with Gasteiger partial charge in [-0.25, -0.2) is 0 Å². The third kappa shape index (κ3) is 3.28. The molecular formula is C11H21N3O2. The maximum Gasteiger partial charge on any atom is 0.240 e. The van der Waals surface area contributed by atoms with Gasteiger partial charge in [-0.05, 0) is 32.2 Å². The second kappa shape index (κ2) is 6.60. The summed E-state index contributed by atoms with van der Waals surface area (Å²) in [6, 6.07) is -0.736. The minimum absolute atomic E-state index is 0.0911. The second-order valence-corrected chi connectivity index (χ2v) is 4.27. The molecular weight excluding hydrogens is 206 g/mol. The van der Waals surface area contributed by atoms with E-state index in [1.54, 1.807) is 4.90 Å². The molecule has 0 unspecified atom stereocenters. The van der Waals surface area contributed by atoms with Crippen LogP contribution in [0.3, 0.4) is 0 Å². The average Bonchev–Trinajstić information content (AvgIpc) is 2.76. The molecule has 0 radical (unpaired) electrons. The molecule has 0 aromatic rings. The summed E-state index contributed by atoms with van der Waals surface area (Å²) in [5, 5.41) is 0. The van der Waals surface area contributed by atoms with Crippen molar-refractivity contribution in [2.75, 3.05) is 13.1 Å². The molecule has 2 atom stereocenters. The highest BCUT2D eigenvalue weighted by Crippen LogP contribution is 2.17. The Kier molecular flexibility index (Phi) is 5.42. The Morgan fingerprint density at radius 1 is 1.50 bits per heavy atom. The van der Waals surface area contributed by atoms with Gasteiger partial charge in [0.2, 0.25) is 5.91 Å². The molecule has 1 aliphatic rings. The zero-order valence-electron chi connectivity index (χ0n) is 9.60. The van der Waals surface area contributed by atoms with Crippen LogP contribution in [0.2, 0.25) is 0 Å². The molecule has 0 bridgehead atoms. The van der Waals surface area contributed by atoms with Gasteiger partial charge in [0.25, 0.3) is 0 Å². The molecule has 92 valence electrons. The largest absolute Gasteiger partial charge is 0.332 e. The van der Waals surface area contributed by atoms with Gasteiger partial charge in [-0.3, -0.25) is 4.79 Å². The van der Waals surface area contributed by atoms with E-state index in [-0.39, 0.29) is 11.9 Å². The van der Waals surface area contributed by atoms with Crippen molar-refractivity contribution in [3.8, 4) is 0 Å². The van der Waals surface area contributed by atoms with Crippen LogP contribution in [-0.4, -0.2) is 42.3 Å². The zero-order valence-corrected chi connectivity index (χ0v) is 9.60. The van der Waals surface area contributed by atoms with Crippen LogP contribution in [0.4, 0.5) is 0 Å². The number of nitrogens with zero attached hydrogens (tertiary/aromatic N) is 1. The summed E-state index contributed by atoms with van der Waals surface area (Å²) in [4.78, 5) is 24.3. The molecule has 4 N–H and O–H groups in total. The van der Waals surface area contributed by atoms with Crippen molar-refractivity contribution >= 4 is 12.2 Å². The molecule has 16 heavy (non-hydrogen) atoms. The number of aldehydes is 1. The quantitative estimate of drug-likeness (QED) is 0.478. The van der Waals surface area contributed by atoms with E-state index >= 15 is 0 Å².